The Bertz CT molecular complexity index is 424. The second-order valence-corrected chi connectivity index (χ2v) is 4.79. The van der Waals surface area contributed by atoms with E-state index in [0.717, 1.165) is 6.42 Å². The van der Waals surface area contributed by atoms with Gasteiger partial charge in [0.15, 0.2) is 10.8 Å². The first-order chi connectivity index (χ1) is 8.61. The molecule has 1 aliphatic heterocycles. The van der Waals surface area contributed by atoms with E-state index in [2.05, 4.69) is 10.2 Å². The number of aromatic nitrogens is 2. The Morgan fingerprint density at radius 3 is 2.94 bits per heavy atom. The molecule has 2 atom stereocenters. The van der Waals surface area contributed by atoms with E-state index in [1.54, 1.807) is 12.1 Å². The van der Waals surface area contributed by atoms with E-state index in [-0.39, 0.29) is 23.2 Å². The third kappa shape index (κ3) is 2.79. The normalized spacial score (nSPS) is 24.1. The molecule has 1 aromatic rings. The van der Waals surface area contributed by atoms with Gasteiger partial charge < -0.3 is 9.64 Å². The summed E-state index contributed by atoms with van der Waals surface area (Å²) in [6.45, 7) is 5.16. The number of ether oxygens (including phenoxy) is 1. The molecule has 2 unspecified atom stereocenters. The molecule has 1 aliphatic rings. The summed E-state index contributed by atoms with van der Waals surface area (Å²) in [5, 5.41) is 7.82. The van der Waals surface area contributed by atoms with Gasteiger partial charge in [0.2, 0.25) is 0 Å². The van der Waals surface area contributed by atoms with E-state index in [9.17, 15) is 4.79 Å². The SMILES string of the molecule is CCC1COC(C)CN1C(=O)c1ccc(Cl)nn1. The van der Waals surface area contributed by atoms with Crippen molar-refractivity contribution in [1.82, 2.24) is 15.1 Å². The fourth-order valence-corrected chi connectivity index (χ4v) is 2.11. The fourth-order valence-electron chi connectivity index (χ4n) is 2.01. The summed E-state index contributed by atoms with van der Waals surface area (Å²) in [5.41, 5.74) is 0.326. The Morgan fingerprint density at radius 1 is 1.56 bits per heavy atom. The number of rotatable bonds is 2. The molecule has 5 nitrogen and oxygen atoms in total. The minimum atomic E-state index is -0.110. The summed E-state index contributed by atoms with van der Waals surface area (Å²) in [7, 11) is 0. The first kappa shape index (κ1) is 13.2. The van der Waals surface area contributed by atoms with Crippen molar-refractivity contribution in [3.8, 4) is 0 Å². The van der Waals surface area contributed by atoms with Crippen LogP contribution in [0, 0.1) is 0 Å². The van der Waals surface area contributed by atoms with Crippen molar-refractivity contribution in [3.05, 3.63) is 23.0 Å². The van der Waals surface area contributed by atoms with Crippen molar-refractivity contribution in [2.75, 3.05) is 13.2 Å². The van der Waals surface area contributed by atoms with Crippen LogP contribution in [0.1, 0.15) is 30.8 Å². The molecule has 18 heavy (non-hydrogen) atoms. The van der Waals surface area contributed by atoms with Gasteiger partial charge in [-0.2, -0.15) is 0 Å². The summed E-state index contributed by atoms with van der Waals surface area (Å²) in [6.07, 6.45) is 0.913. The maximum Gasteiger partial charge on any atom is 0.274 e. The van der Waals surface area contributed by atoms with Crippen LogP contribution in [0.2, 0.25) is 5.15 Å². The van der Waals surface area contributed by atoms with E-state index in [0.29, 0.717) is 18.8 Å². The van der Waals surface area contributed by atoms with Crippen LogP contribution in [-0.4, -0.2) is 46.3 Å². The van der Waals surface area contributed by atoms with Gasteiger partial charge in [0.25, 0.3) is 5.91 Å². The standard InChI is InChI=1S/C12H16ClN3O2/c1-3-9-7-18-8(2)6-16(9)12(17)10-4-5-11(13)15-14-10/h4-5,8-9H,3,6-7H2,1-2H3. The largest absolute Gasteiger partial charge is 0.375 e. The van der Waals surface area contributed by atoms with Gasteiger partial charge in [0.05, 0.1) is 18.8 Å². The second kappa shape index (κ2) is 5.63. The summed E-state index contributed by atoms with van der Waals surface area (Å²) in [5.74, 6) is -0.110. The molecule has 1 aromatic heterocycles. The number of carbonyl (C=O) groups is 1. The lowest BCUT2D eigenvalue weighted by Crippen LogP contribution is -2.51. The van der Waals surface area contributed by atoms with Crippen LogP contribution in [-0.2, 0) is 4.74 Å². The van der Waals surface area contributed by atoms with Gasteiger partial charge in [-0.1, -0.05) is 18.5 Å². The van der Waals surface area contributed by atoms with Crippen LogP contribution in [0.25, 0.3) is 0 Å². The predicted octanol–water partition coefficient (Wildman–Crippen LogP) is 1.77. The Balaban J connectivity index is 2.17. The topological polar surface area (TPSA) is 55.3 Å². The third-order valence-corrected chi connectivity index (χ3v) is 3.25. The zero-order chi connectivity index (χ0) is 13.1. The molecule has 2 heterocycles. The molecule has 0 aromatic carbocycles. The molecule has 0 saturated carbocycles. The molecule has 6 heteroatoms. The van der Waals surface area contributed by atoms with Crippen LogP contribution in [0.5, 0.6) is 0 Å². The molecule has 0 spiro atoms. The zero-order valence-electron chi connectivity index (χ0n) is 10.5. The summed E-state index contributed by atoms with van der Waals surface area (Å²) in [6, 6.07) is 3.28. The van der Waals surface area contributed by atoms with Crippen LogP contribution in [0.3, 0.4) is 0 Å². The Kier molecular flexibility index (Phi) is 4.14. The molecule has 1 amide bonds. The number of hydrogen-bond acceptors (Lipinski definition) is 4. The van der Waals surface area contributed by atoms with Gasteiger partial charge in [0.1, 0.15) is 0 Å². The Labute approximate surface area is 111 Å². The van der Waals surface area contributed by atoms with Crippen molar-refractivity contribution in [3.63, 3.8) is 0 Å². The van der Waals surface area contributed by atoms with Gasteiger partial charge >= 0.3 is 0 Å². The average Bonchev–Trinajstić information content (AvgIpc) is 2.39. The summed E-state index contributed by atoms with van der Waals surface area (Å²) in [4.78, 5) is 14.2. The molecule has 98 valence electrons. The predicted molar refractivity (Wildman–Crippen MR) is 67.6 cm³/mol. The lowest BCUT2D eigenvalue weighted by Gasteiger charge is -2.38. The van der Waals surface area contributed by atoms with E-state index < -0.39 is 0 Å². The Morgan fingerprint density at radius 2 is 2.33 bits per heavy atom. The molecule has 2 rings (SSSR count). The molecule has 1 saturated heterocycles. The van der Waals surface area contributed by atoms with E-state index in [4.69, 9.17) is 16.3 Å². The van der Waals surface area contributed by atoms with Crippen molar-refractivity contribution in [2.45, 2.75) is 32.4 Å². The number of amides is 1. The maximum absolute atomic E-state index is 12.4. The fraction of sp³-hybridized carbons (Fsp3) is 0.583. The molecular formula is C12H16ClN3O2. The smallest absolute Gasteiger partial charge is 0.274 e. The molecule has 1 fully saturated rings. The first-order valence-corrected chi connectivity index (χ1v) is 6.41. The first-order valence-electron chi connectivity index (χ1n) is 6.03. The number of morpholine rings is 1. The lowest BCUT2D eigenvalue weighted by atomic mass is 10.1. The number of halogens is 1. The van der Waals surface area contributed by atoms with Gasteiger partial charge in [-0.3, -0.25) is 4.79 Å². The molecule has 0 radical (unpaired) electrons. The molecule has 0 N–H and O–H groups in total. The average molecular weight is 270 g/mol. The second-order valence-electron chi connectivity index (χ2n) is 4.40. The summed E-state index contributed by atoms with van der Waals surface area (Å²) < 4.78 is 5.57. The van der Waals surface area contributed by atoms with Gasteiger partial charge in [-0.15, -0.1) is 10.2 Å². The highest BCUT2D eigenvalue weighted by molar-refractivity contribution is 6.29. The van der Waals surface area contributed by atoms with Crippen molar-refractivity contribution >= 4 is 17.5 Å². The number of nitrogens with zero attached hydrogens (tertiary/aromatic N) is 3. The maximum atomic E-state index is 12.4. The van der Waals surface area contributed by atoms with Crippen LogP contribution < -0.4 is 0 Å². The van der Waals surface area contributed by atoms with Crippen molar-refractivity contribution in [2.24, 2.45) is 0 Å². The zero-order valence-corrected chi connectivity index (χ0v) is 11.2. The van der Waals surface area contributed by atoms with Crippen molar-refractivity contribution in [1.29, 1.82) is 0 Å². The van der Waals surface area contributed by atoms with Gasteiger partial charge in [-0.05, 0) is 25.5 Å². The lowest BCUT2D eigenvalue weighted by molar-refractivity contribution is -0.0446. The van der Waals surface area contributed by atoms with E-state index >= 15 is 0 Å². The Hall–Kier alpha value is -1.20. The van der Waals surface area contributed by atoms with Crippen molar-refractivity contribution < 1.29 is 9.53 Å². The highest BCUT2D eigenvalue weighted by atomic mass is 35.5. The highest BCUT2D eigenvalue weighted by Gasteiger charge is 2.30. The van der Waals surface area contributed by atoms with Gasteiger partial charge in [-0.25, -0.2) is 0 Å². The summed E-state index contributed by atoms with van der Waals surface area (Å²) >= 11 is 5.66. The monoisotopic (exact) mass is 269 g/mol. The minimum absolute atomic E-state index is 0.0528. The molecule has 0 bridgehead atoms. The highest BCUT2D eigenvalue weighted by Crippen LogP contribution is 2.17. The van der Waals surface area contributed by atoms with Gasteiger partial charge in [0, 0.05) is 6.54 Å². The van der Waals surface area contributed by atoms with E-state index in [1.807, 2.05) is 18.7 Å². The van der Waals surface area contributed by atoms with Crippen LogP contribution in [0.4, 0.5) is 0 Å². The number of hydrogen-bond donors (Lipinski definition) is 0. The molecule has 0 aliphatic carbocycles. The third-order valence-electron chi connectivity index (χ3n) is 3.05. The quantitative estimate of drug-likeness (QED) is 0.821. The molecular weight excluding hydrogens is 254 g/mol. The van der Waals surface area contributed by atoms with Crippen LogP contribution in [0.15, 0.2) is 12.1 Å². The minimum Gasteiger partial charge on any atom is -0.375 e. The van der Waals surface area contributed by atoms with E-state index in [1.165, 1.54) is 0 Å². The van der Waals surface area contributed by atoms with Crippen LogP contribution >= 0.6 is 11.6 Å². The number of carbonyl (C=O) groups excluding carboxylic acids is 1.